The first-order valence-electron chi connectivity index (χ1n) is 10.9. The zero-order valence-corrected chi connectivity index (χ0v) is 18.2. The molecule has 33 heavy (non-hydrogen) atoms. The van der Waals surface area contributed by atoms with Gasteiger partial charge in [-0.15, -0.1) is 0 Å². The van der Waals surface area contributed by atoms with E-state index in [1.165, 1.54) is 24.5 Å². The minimum Gasteiger partial charge on any atom is -0.491 e. The van der Waals surface area contributed by atoms with Crippen molar-refractivity contribution in [3.05, 3.63) is 53.6 Å². The molecule has 2 aromatic carbocycles. The van der Waals surface area contributed by atoms with Crippen LogP contribution in [-0.4, -0.2) is 58.3 Å². The number of ether oxygens (including phenoxy) is 3. The molecule has 1 fully saturated rings. The Bertz CT molecular complexity index is 1020. The van der Waals surface area contributed by atoms with Gasteiger partial charge in [0.05, 0.1) is 0 Å². The van der Waals surface area contributed by atoms with Gasteiger partial charge in [0.25, 0.3) is 0 Å². The second-order valence-electron chi connectivity index (χ2n) is 8.50. The van der Waals surface area contributed by atoms with E-state index < -0.39 is 23.8 Å². The Labute approximate surface area is 190 Å². The number of rotatable bonds is 11. The van der Waals surface area contributed by atoms with Crippen molar-refractivity contribution >= 4 is 11.9 Å². The molecule has 2 aromatic rings. The van der Waals surface area contributed by atoms with E-state index in [1.807, 2.05) is 25.1 Å². The van der Waals surface area contributed by atoms with Crippen molar-refractivity contribution in [3.63, 3.8) is 0 Å². The fourth-order valence-electron chi connectivity index (χ4n) is 3.79. The first-order valence-corrected chi connectivity index (χ1v) is 10.9. The maximum Gasteiger partial charge on any atom is 0.453 e. The van der Waals surface area contributed by atoms with E-state index in [2.05, 4.69) is 11.4 Å². The number of nitrogens with one attached hydrogen (secondary N) is 1. The van der Waals surface area contributed by atoms with Crippen LogP contribution in [0.25, 0.3) is 0 Å². The van der Waals surface area contributed by atoms with Gasteiger partial charge in [-0.25, -0.2) is 9.59 Å². The number of aliphatic carboxylic acids is 2. The minimum absolute atomic E-state index is 0.0255. The molecule has 1 heterocycles. The Hall–Kier alpha value is -3.30. The second kappa shape index (κ2) is 9.29. The number of hydrogen-bond donors (Lipinski definition) is 4. The lowest BCUT2D eigenvalue weighted by Gasteiger charge is -2.19. The van der Waals surface area contributed by atoms with Crippen molar-refractivity contribution < 1.29 is 39.1 Å². The predicted molar refractivity (Wildman–Crippen MR) is 117 cm³/mol. The Morgan fingerprint density at radius 3 is 2.52 bits per heavy atom. The summed E-state index contributed by atoms with van der Waals surface area (Å²) in [5, 5.41) is 32.0. The molecule has 2 atom stereocenters. The number of fused-ring (bicyclic) bond motifs is 1. The fraction of sp³-hybridized carbons (Fsp3) is 0.417. The molecular formula is C24H27NO8. The number of hydrogen-bond acceptors (Lipinski definition) is 7. The van der Waals surface area contributed by atoms with Crippen LogP contribution >= 0.6 is 0 Å². The van der Waals surface area contributed by atoms with Gasteiger partial charge in [0.2, 0.25) is 0 Å². The molecular weight excluding hydrogens is 430 g/mol. The largest absolute Gasteiger partial charge is 0.491 e. The number of carbonyl (C=O) groups is 2. The normalized spacial score (nSPS) is 17.9. The highest BCUT2D eigenvalue weighted by Gasteiger charge is 2.57. The maximum atomic E-state index is 11.4. The van der Waals surface area contributed by atoms with Crippen molar-refractivity contribution in [1.82, 2.24) is 5.32 Å². The molecule has 176 valence electrons. The molecule has 4 N–H and O–H groups in total. The number of carboxylic acids is 2. The number of para-hydroxylation sites is 1. The number of aliphatic hydroxyl groups excluding tert-OH is 1. The summed E-state index contributed by atoms with van der Waals surface area (Å²) in [5.74, 6) is -4.74. The molecule has 1 aliphatic heterocycles. The molecule has 4 rings (SSSR count). The van der Waals surface area contributed by atoms with Gasteiger partial charge in [-0.1, -0.05) is 24.3 Å². The summed E-state index contributed by atoms with van der Waals surface area (Å²) in [5.41, 5.74) is 2.00. The van der Waals surface area contributed by atoms with Crippen LogP contribution in [0, 0.1) is 0 Å². The molecule has 9 heteroatoms. The zero-order chi connectivity index (χ0) is 23.6. The Morgan fingerprint density at radius 1 is 1.12 bits per heavy atom. The lowest BCUT2D eigenvalue weighted by atomic mass is 10.1. The third-order valence-electron chi connectivity index (χ3n) is 5.69. The molecule has 0 aromatic heterocycles. The summed E-state index contributed by atoms with van der Waals surface area (Å²) < 4.78 is 16.1. The van der Waals surface area contributed by atoms with Gasteiger partial charge in [-0.2, -0.15) is 0 Å². The first-order chi connectivity index (χ1) is 15.8. The van der Waals surface area contributed by atoms with Crippen LogP contribution in [0.4, 0.5) is 0 Å². The molecule has 0 bridgehead atoms. The third kappa shape index (κ3) is 5.04. The van der Waals surface area contributed by atoms with E-state index in [0.29, 0.717) is 18.9 Å². The summed E-state index contributed by atoms with van der Waals surface area (Å²) in [6.07, 6.45) is 2.20. The zero-order valence-electron chi connectivity index (χ0n) is 18.2. The van der Waals surface area contributed by atoms with E-state index >= 15 is 0 Å². The van der Waals surface area contributed by atoms with E-state index in [-0.39, 0.29) is 24.1 Å². The third-order valence-corrected chi connectivity index (χ3v) is 5.69. The van der Waals surface area contributed by atoms with Crippen LogP contribution in [0.5, 0.6) is 17.2 Å². The summed E-state index contributed by atoms with van der Waals surface area (Å²) >= 11 is 0. The number of carboxylic acid groups (broad SMARTS) is 2. The standard InChI is InChI=1S/C24H27NO8/c1-14(25-12-17(26)13-31-19-5-3-2-4-18(19)16-7-8-16)10-15-6-9-20-21(11-15)33-24(32-20,22(27)28)23(29)30/h2-6,9,11,14,16-17,25-26H,7-8,10,12-13H2,1H3,(H,27,28)(H,29,30). The van der Waals surface area contributed by atoms with Crippen LogP contribution < -0.4 is 19.5 Å². The Kier molecular flexibility index (Phi) is 6.44. The molecule has 9 nitrogen and oxygen atoms in total. The Morgan fingerprint density at radius 2 is 1.82 bits per heavy atom. The van der Waals surface area contributed by atoms with Crippen LogP contribution in [0.2, 0.25) is 0 Å². The topological polar surface area (TPSA) is 135 Å². The number of aliphatic hydroxyl groups is 1. The molecule has 0 saturated heterocycles. The van der Waals surface area contributed by atoms with Crippen molar-refractivity contribution in [2.75, 3.05) is 13.2 Å². The average molecular weight is 457 g/mol. The molecule has 2 unspecified atom stereocenters. The molecule has 2 aliphatic rings. The monoisotopic (exact) mass is 457 g/mol. The summed E-state index contributed by atoms with van der Waals surface area (Å²) in [6.45, 7) is 2.46. The predicted octanol–water partition coefficient (Wildman–Crippen LogP) is 2.16. The highest BCUT2D eigenvalue weighted by atomic mass is 16.8. The van der Waals surface area contributed by atoms with Gasteiger partial charge in [0.15, 0.2) is 11.5 Å². The first kappa shape index (κ1) is 22.9. The van der Waals surface area contributed by atoms with Crippen molar-refractivity contribution in [2.45, 2.75) is 50.0 Å². The Balaban J connectivity index is 1.27. The molecule has 1 saturated carbocycles. The fourth-order valence-corrected chi connectivity index (χ4v) is 3.79. The van der Waals surface area contributed by atoms with Gasteiger partial charge in [0.1, 0.15) is 18.5 Å². The molecule has 1 aliphatic carbocycles. The van der Waals surface area contributed by atoms with Gasteiger partial charge >= 0.3 is 17.7 Å². The van der Waals surface area contributed by atoms with Crippen molar-refractivity contribution in [2.24, 2.45) is 0 Å². The smallest absolute Gasteiger partial charge is 0.453 e. The van der Waals surface area contributed by atoms with Gasteiger partial charge in [0, 0.05) is 12.6 Å². The van der Waals surface area contributed by atoms with E-state index in [9.17, 15) is 24.9 Å². The second-order valence-corrected chi connectivity index (χ2v) is 8.50. The van der Waals surface area contributed by atoms with E-state index in [1.54, 1.807) is 12.1 Å². The summed E-state index contributed by atoms with van der Waals surface area (Å²) in [7, 11) is 0. The van der Waals surface area contributed by atoms with Gasteiger partial charge in [-0.3, -0.25) is 0 Å². The maximum absolute atomic E-state index is 11.4. The quantitative estimate of drug-likeness (QED) is 0.374. The highest BCUT2D eigenvalue weighted by Crippen LogP contribution is 2.44. The number of benzene rings is 2. The lowest BCUT2D eigenvalue weighted by molar-refractivity contribution is -0.194. The van der Waals surface area contributed by atoms with Gasteiger partial charge < -0.3 is 34.8 Å². The van der Waals surface area contributed by atoms with Gasteiger partial charge in [-0.05, 0) is 61.4 Å². The van der Waals surface area contributed by atoms with Crippen molar-refractivity contribution in [3.8, 4) is 17.2 Å². The van der Waals surface area contributed by atoms with E-state index in [0.717, 1.165) is 11.3 Å². The van der Waals surface area contributed by atoms with Crippen LogP contribution in [0.3, 0.4) is 0 Å². The minimum atomic E-state index is -2.77. The van der Waals surface area contributed by atoms with Crippen molar-refractivity contribution in [1.29, 1.82) is 0 Å². The summed E-state index contributed by atoms with van der Waals surface area (Å²) in [6, 6.07) is 12.7. The molecule has 0 radical (unpaired) electrons. The summed E-state index contributed by atoms with van der Waals surface area (Å²) in [4.78, 5) is 22.7. The van der Waals surface area contributed by atoms with Crippen LogP contribution in [0.1, 0.15) is 36.8 Å². The molecule has 0 spiro atoms. The lowest BCUT2D eigenvalue weighted by Crippen LogP contribution is -2.54. The average Bonchev–Trinajstić information content (AvgIpc) is 3.55. The highest BCUT2D eigenvalue weighted by molar-refractivity contribution is 6.01. The SMILES string of the molecule is CC(Cc1ccc2c(c1)OC(C(=O)O)(C(=O)O)O2)NCC(O)COc1ccccc1C1CC1. The van der Waals surface area contributed by atoms with Crippen LogP contribution in [-0.2, 0) is 16.0 Å². The van der Waals surface area contributed by atoms with E-state index in [4.69, 9.17) is 14.2 Å². The van der Waals surface area contributed by atoms with Crippen LogP contribution in [0.15, 0.2) is 42.5 Å². The molecule has 0 amide bonds.